The Morgan fingerprint density at radius 1 is 1.33 bits per heavy atom. The minimum absolute atomic E-state index is 0.234. The predicted octanol–water partition coefficient (Wildman–Crippen LogP) is 2.75. The number of benzene rings is 1. The number of nitrogens with one attached hydrogen (secondary N) is 1. The summed E-state index contributed by atoms with van der Waals surface area (Å²) in [5.41, 5.74) is 0.567. The zero-order valence-electron chi connectivity index (χ0n) is 6.49. The van der Waals surface area contributed by atoms with Gasteiger partial charge in [-0.3, -0.25) is 0 Å². The molecule has 2 aromatic rings. The zero-order valence-corrected chi connectivity index (χ0v) is 6.49. The van der Waals surface area contributed by atoms with Gasteiger partial charge in [0.15, 0.2) is 0 Å². The second-order valence-corrected chi connectivity index (χ2v) is 2.76. The molecule has 2 rings (SSSR count). The molecule has 1 heterocycles. The van der Waals surface area contributed by atoms with Crippen LogP contribution in [-0.4, -0.2) is 4.98 Å². The molecule has 1 nitrogen and oxygen atoms in total. The smallest absolute Gasteiger partial charge is 0.147 e. The number of hydrogen-bond donors (Lipinski definition) is 1. The van der Waals surface area contributed by atoms with Crippen LogP contribution in [0.25, 0.3) is 10.9 Å². The number of aryl methyl sites for hydroxylation is 1. The monoisotopic (exact) mass is 167 g/mol. The number of aromatic nitrogens is 1. The van der Waals surface area contributed by atoms with Gasteiger partial charge in [-0.2, -0.15) is 0 Å². The second-order valence-electron chi connectivity index (χ2n) is 2.76. The molecule has 0 fully saturated rings. The maximum Gasteiger partial charge on any atom is 0.147 e. The summed E-state index contributed by atoms with van der Waals surface area (Å²) in [5.74, 6) is -0.762. The van der Waals surface area contributed by atoms with E-state index < -0.39 is 5.82 Å². The quantitative estimate of drug-likeness (QED) is 0.621. The van der Waals surface area contributed by atoms with Gasteiger partial charge in [0.05, 0.1) is 5.52 Å². The van der Waals surface area contributed by atoms with Gasteiger partial charge in [-0.15, -0.1) is 0 Å². The number of aromatic amines is 1. The van der Waals surface area contributed by atoms with Gasteiger partial charge >= 0.3 is 0 Å². The van der Waals surface area contributed by atoms with Crippen LogP contribution in [0.2, 0.25) is 0 Å². The molecule has 1 N–H and O–H groups in total. The first kappa shape index (κ1) is 7.28. The minimum Gasteiger partial charge on any atom is -0.359 e. The third kappa shape index (κ3) is 0.826. The van der Waals surface area contributed by atoms with Gasteiger partial charge in [-0.05, 0) is 24.6 Å². The molecule has 0 aliphatic heterocycles. The third-order valence-electron chi connectivity index (χ3n) is 1.91. The number of rotatable bonds is 0. The predicted molar refractivity (Wildman–Crippen MR) is 43.0 cm³/mol. The SMILES string of the molecule is Cc1cc(F)c2[nH]ccc2c1F. The minimum atomic E-state index is -0.408. The Bertz CT molecular complexity index is 431. The maximum atomic E-state index is 13.2. The van der Waals surface area contributed by atoms with E-state index in [-0.39, 0.29) is 11.3 Å². The molecule has 0 bridgehead atoms. The summed E-state index contributed by atoms with van der Waals surface area (Å²) in [6.45, 7) is 1.55. The summed E-state index contributed by atoms with van der Waals surface area (Å²) >= 11 is 0. The molecule has 0 radical (unpaired) electrons. The Labute approximate surface area is 68.0 Å². The first-order chi connectivity index (χ1) is 5.70. The van der Waals surface area contributed by atoms with Crippen molar-refractivity contribution in [2.24, 2.45) is 0 Å². The highest BCUT2D eigenvalue weighted by molar-refractivity contribution is 5.81. The van der Waals surface area contributed by atoms with Crippen LogP contribution in [0.1, 0.15) is 5.56 Å². The highest BCUT2D eigenvalue weighted by Gasteiger charge is 2.09. The molecule has 0 saturated heterocycles. The topological polar surface area (TPSA) is 15.8 Å². The average Bonchev–Trinajstić information content (AvgIpc) is 2.48. The van der Waals surface area contributed by atoms with E-state index in [4.69, 9.17) is 0 Å². The summed E-state index contributed by atoms with van der Waals surface area (Å²) in [5, 5.41) is 0.313. The standard InChI is InChI=1S/C9H7F2N/c1-5-4-7(10)9-6(8(5)11)2-3-12-9/h2-4,12H,1H3. The van der Waals surface area contributed by atoms with Crippen LogP contribution in [-0.2, 0) is 0 Å². The summed E-state index contributed by atoms with van der Waals surface area (Å²) in [6.07, 6.45) is 1.52. The van der Waals surface area contributed by atoms with Crippen molar-refractivity contribution in [3.8, 4) is 0 Å². The fraction of sp³-hybridized carbons (Fsp3) is 0.111. The van der Waals surface area contributed by atoms with E-state index in [0.29, 0.717) is 10.9 Å². The first-order valence-corrected chi connectivity index (χ1v) is 3.62. The molecule has 0 atom stereocenters. The summed E-state index contributed by atoms with van der Waals surface area (Å²) in [7, 11) is 0. The van der Waals surface area contributed by atoms with Crippen LogP contribution < -0.4 is 0 Å². The summed E-state index contributed by atoms with van der Waals surface area (Å²) < 4.78 is 26.3. The fourth-order valence-corrected chi connectivity index (χ4v) is 1.29. The van der Waals surface area contributed by atoms with Crippen molar-refractivity contribution >= 4 is 10.9 Å². The van der Waals surface area contributed by atoms with E-state index in [1.165, 1.54) is 18.3 Å². The van der Waals surface area contributed by atoms with Gasteiger partial charge in [0.2, 0.25) is 0 Å². The molecule has 62 valence electrons. The lowest BCUT2D eigenvalue weighted by Gasteiger charge is -1.98. The molecular weight excluding hydrogens is 160 g/mol. The van der Waals surface area contributed by atoms with E-state index >= 15 is 0 Å². The molecule has 1 aromatic carbocycles. The second kappa shape index (κ2) is 2.30. The molecule has 1 aromatic heterocycles. The summed E-state index contributed by atoms with van der Waals surface area (Å²) in [4.78, 5) is 2.64. The van der Waals surface area contributed by atoms with Gasteiger partial charge in [0.1, 0.15) is 11.6 Å². The Kier molecular flexibility index (Phi) is 1.40. The zero-order chi connectivity index (χ0) is 8.72. The van der Waals surface area contributed by atoms with Gasteiger partial charge in [0, 0.05) is 11.6 Å². The molecule has 0 saturated carbocycles. The molecule has 3 heteroatoms. The number of fused-ring (bicyclic) bond motifs is 1. The van der Waals surface area contributed by atoms with Crippen LogP contribution >= 0.6 is 0 Å². The lowest BCUT2D eigenvalue weighted by atomic mass is 10.1. The molecule has 12 heavy (non-hydrogen) atoms. The van der Waals surface area contributed by atoms with Crippen molar-refractivity contribution in [2.75, 3.05) is 0 Å². The van der Waals surface area contributed by atoms with E-state index in [9.17, 15) is 8.78 Å². The Morgan fingerprint density at radius 3 is 2.83 bits per heavy atom. The highest BCUT2D eigenvalue weighted by Crippen LogP contribution is 2.22. The molecule has 0 unspecified atom stereocenters. The lowest BCUT2D eigenvalue weighted by Crippen LogP contribution is -1.87. The average molecular weight is 167 g/mol. The van der Waals surface area contributed by atoms with Crippen molar-refractivity contribution in [3.05, 3.63) is 35.5 Å². The van der Waals surface area contributed by atoms with Crippen LogP contribution in [0.15, 0.2) is 18.3 Å². The Morgan fingerprint density at radius 2 is 2.08 bits per heavy atom. The molecular formula is C9H7F2N. The Hall–Kier alpha value is -1.38. The van der Waals surface area contributed by atoms with Crippen molar-refractivity contribution in [3.63, 3.8) is 0 Å². The largest absolute Gasteiger partial charge is 0.359 e. The third-order valence-corrected chi connectivity index (χ3v) is 1.91. The summed E-state index contributed by atoms with van der Waals surface area (Å²) in [6, 6.07) is 2.72. The van der Waals surface area contributed by atoms with Crippen LogP contribution in [0.3, 0.4) is 0 Å². The number of hydrogen-bond acceptors (Lipinski definition) is 0. The molecule has 0 aliphatic rings. The number of halogens is 2. The lowest BCUT2D eigenvalue weighted by molar-refractivity contribution is 0.609. The van der Waals surface area contributed by atoms with Gasteiger partial charge in [0.25, 0.3) is 0 Å². The number of H-pyrrole nitrogens is 1. The Balaban J connectivity index is 2.97. The van der Waals surface area contributed by atoms with E-state index in [2.05, 4.69) is 4.98 Å². The molecule has 0 amide bonds. The van der Waals surface area contributed by atoms with Crippen LogP contribution in [0.5, 0.6) is 0 Å². The van der Waals surface area contributed by atoms with E-state index in [1.807, 2.05) is 0 Å². The van der Waals surface area contributed by atoms with Crippen LogP contribution in [0, 0.1) is 18.6 Å². The van der Waals surface area contributed by atoms with Crippen molar-refractivity contribution in [1.29, 1.82) is 0 Å². The normalized spacial score (nSPS) is 10.9. The van der Waals surface area contributed by atoms with Crippen molar-refractivity contribution in [2.45, 2.75) is 6.92 Å². The van der Waals surface area contributed by atoms with E-state index in [0.717, 1.165) is 0 Å². The van der Waals surface area contributed by atoms with Crippen molar-refractivity contribution < 1.29 is 8.78 Å². The van der Waals surface area contributed by atoms with E-state index in [1.54, 1.807) is 6.92 Å². The molecule has 0 aliphatic carbocycles. The van der Waals surface area contributed by atoms with Crippen molar-refractivity contribution in [1.82, 2.24) is 4.98 Å². The maximum absolute atomic E-state index is 13.2. The van der Waals surface area contributed by atoms with Gasteiger partial charge < -0.3 is 4.98 Å². The first-order valence-electron chi connectivity index (χ1n) is 3.62. The van der Waals surface area contributed by atoms with Crippen LogP contribution in [0.4, 0.5) is 8.78 Å². The highest BCUT2D eigenvalue weighted by atomic mass is 19.1. The van der Waals surface area contributed by atoms with Gasteiger partial charge in [-0.25, -0.2) is 8.78 Å². The van der Waals surface area contributed by atoms with Gasteiger partial charge in [-0.1, -0.05) is 0 Å². The fourth-order valence-electron chi connectivity index (χ4n) is 1.29. The molecule has 0 spiro atoms.